The molecular formula is C25H28N2O5. The molecule has 2 aromatic carbocycles. The molecule has 1 spiro atoms. The molecule has 7 heteroatoms. The third-order valence-electron chi connectivity index (χ3n) is 6.80. The van der Waals surface area contributed by atoms with Gasteiger partial charge >= 0.3 is 0 Å². The van der Waals surface area contributed by atoms with Crippen LogP contribution in [0.4, 0.5) is 5.69 Å². The Bertz CT molecular complexity index is 1020. The van der Waals surface area contributed by atoms with Crippen LogP contribution in [0.25, 0.3) is 0 Å². The molecular weight excluding hydrogens is 408 g/mol. The number of hydrogen-bond acceptors (Lipinski definition) is 6. The van der Waals surface area contributed by atoms with Crippen LogP contribution in [0.5, 0.6) is 0 Å². The normalized spacial score (nSPS) is 24.8. The molecule has 168 valence electrons. The average Bonchev–Trinajstić information content (AvgIpc) is 3.33. The maximum atomic E-state index is 13.5. The molecule has 2 aromatic rings. The van der Waals surface area contributed by atoms with Gasteiger partial charge in [0.2, 0.25) is 0 Å². The van der Waals surface area contributed by atoms with Gasteiger partial charge in [-0.05, 0) is 13.0 Å². The number of para-hydroxylation sites is 1. The number of aryl methyl sites for hydroxylation is 1. The number of Topliss-reactive ketones (excluding diaryl/α,β-unsaturated/α-hetero) is 1. The molecule has 0 radical (unpaired) electrons. The van der Waals surface area contributed by atoms with Crippen molar-refractivity contribution in [3.05, 3.63) is 65.2 Å². The van der Waals surface area contributed by atoms with Gasteiger partial charge in [0, 0.05) is 37.1 Å². The highest BCUT2D eigenvalue weighted by Crippen LogP contribution is 2.43. The first-order valence-corrected chi connectivity index (χ1v) is 11.1. The van der Waals surface area contributed by atoms with Crippen molar-refractivity contribution in [2.24, 2.45) is 0 Å². The molecule has 1 unspecified atom stereocenters. The number of anilines is 1. The number of carbonyl (C=O) groups is 2. The number of amides is 1. The summed E-state index contributed by atoms with van der Waals surface area (Å²) < 4.78 is 11.6. The van der Waals surface area contributed by atoms with E-state index in [1.807, 2.05) is 31.2 Å². The minimum Gasteiger partial charge on any atom is -0.375 e. The van der Waals surface area contributed by atoms with Crippen molar-refractivity contribution in [3.8, 4) is 0 Å². The highest BCUT2D eigenvalue weighted by atomic mass is 16.7. The molecule has 0 bridgehead atoms. The van der Waals surface area contributed by atoms with Gasteiger partial charge in [0.15, 0.2) is 17.2 Å². The van der Waals surface area contributed by atoms with Gasteiger partial charge in [-0.25, -0.2) is 0 Å². The number of carbonyl (C=O) groups excluding carboxylic acids is 2. The van der Waals surface area contributed by atoms with Gasteiger partial charge < -0.3 is 14.6 Å². The van der Waals surface area contributed by atoms with Crippen molar-refractivity contribution in [1.82, 2.24) is 4.90 Å². The molecule has 1 N–H and O–H groups in total. The maximum Gasteiger partial charge on any atom is 0.265 e. The highest BCUT2D eigenvalue weighted by molar-refractivity contribution is 6.10. The Kier molecular flexibility index (Phi) is 5.37. The summed E-state index contributed by atoms with van der Waals surface area (Å²) in [5.74, 6) is -1.19. The summed E-state index contributed by atoms with van der Waals surface area (Å²) in [6.45, 7) is 5.01. The number of benzene rings is 2. The molecule has 2 saturated heterocycles. The van der Waals surface area contributed by atoms with E-state index in [4.69, 9.17) is 9.47 Å². The molecule has 0 saturated carbocycles. The monoisotopic (exact) mass is 436 g/mol. The summed E-state index contributed by atoms with van der Waals surface area (Å²) in [4.78, 5) is 30.2. The number of likely N-dealkylation sites (tertiary alicyclic amines) is 1. The zero-order chi connectivity index (χ0) is 22.3. The Balaban J connectivity index is 1.35. The van der Waals surface area contributed by atoms with E-state index in [0.717, 1.165) is 31.5 Å². The lowest BCUT2D eigenvalue weighted by molar-refractivity contribution is -0.185. The number of piperidine rings is 1. The van der Waals surface area contributed by atoms with Gasteiger partial charge in [-0.1, -0.05) is 48.0 Å². The quantitative estimate of drug-likeness (QED) is 0.726. The minimum absolute atomic E-state index is 0.257. The van der Waals surface area contributed by atoms with E-state index in [-0.39, 0.29) is 12.2 Å². The van der Waals surface area contributed by atoms with Crippen molar-refractivity contribution >= 4 is 17.4 Å². The topological polar surface area (TPSA) is 79.3 Å². The van der Waals surface area contributed by atoms with Crippen molar-refractivity contribution in [2.45, 2.75) is 37.6 Å². The minimum atomic E-state index is -1.87. The van der Waals surface area contributed by atoms with Crippen LogP contribution >= 0.6 is 0 Å². The molecule has 3 aliphatic rings. The number of fused-ring (bicyclic) bond motifs is 1. The number of ketones is 1. The van der Waals surface area contributed by atoms with E-state index in [1.165, 1.54) is 0 Å². The second-order valence-corrected chi connectivity index (χ2v) is 8.94. The lowest BCUT2D eigenvalue weighted by atomic mass is 9.88. The third kappa shape index (κ3) is 3.65. The summed E-state index contributed by atoms with van der Waals surface area (Å²) in [7, 11) is 0. The molecule has 2 fully saturated rings. The molecule has 3 aliphatic heterocycles. The SMILES string of the molecule is Cc1ccc(C(=O)CC2(O)C(=O)N(CN3CCC4(CC3)OCCO4)c3ccccc32)cc1. The Morgan fingerprint density at radius 1 is 1.03 bits per heavy atom. The molecule has 1 amide bonds. The Morgan fingerprint density at radius 3 is 2.38 bits per heavy atom. The van der Waals surface area contributed by atoms with Gasteiger partial charge in [0.25, 0.3) is 5.91 Å². The zero-order valence-corrected chi connectivity index (χ0v) is 18.3. The molecule has 3 heterocycles. The fourth-order valence-electron chi connectivity index (χ4n) is 4.91. The van der Waals surface area contributed by atoms with E-state index >= 15 is 0 Å². The van der Waals surface area contributed by atoms with Gasteiger partial charge in [-0.3, -0.25) is 19.4 Å². The predicted molar refractivity (Wildman–Crippen MR) is 118 cm³/mol. The van der Waals surface area contributed by atoms with Crippen LogP contribution in [0.2, 0.25) is 0 Å². The molecule has 1 atom stereocenters. The first kappa shape index (κ1) is 21.3. The van der Waals surface area contributed by atoms with Crippen molar-refractivity contribution in [2.75, 3.05) is 37.9 Å². The van der Waals surface area contributed by atoms with Gasteiger partial charge in [0.05, 0.1) is 32.0 Å². The zero-order valence-electron chi connectivity index (χ0n) is 18.3. The Hall–Kier alpha value is -2.58. The second-order valence-electron chi connectivity index (χ2n) is 8.94. The lowest BCUT2D eigenvalue weighted by Crippen LogP contribution is -2.51. The summed E-state index contributed by atoms with van der Waals surface area (Å²) in [5.41, 5.74) is 0.815. The van der Waals surface area contributed by atoms with E-state index < -0.39 is 17.3 Å². The molecule has 32 heavy (non-hydrogen) atoms. The molecule has 0 aromatic heterocycles. The summed E-state index contributed by atoms with van der Waals surface area (Å²) in [5, 5.41) is 11.5. The van der Waals surface area contributed by atoms with E-state index in [0.29, 0.717) is 36.7 Å². The van der Waals surface area contributed by atoms with Crippen LogP contribution in [0.3, 0.4) is 0 Å². The lowest BCUT2D eigenvalue weighted by Gasteiger charge is -2.39. The second kappa shape index (κ2) is 8.08. The number of aliphatic hydroxyl groups is 1. The standard InChI is InChI=1S/C25H28N2O5/c1-18-6-8-19(9-7-18)22(28)16-25(30)20-4-2-3-5-21(20)27(23(25)29)17-26-12-10-24(11-13-26)31-14-15-32-24/h2-9,30H,10-17H2,1H3. The molecule has 7 nitrogen and oxygen atoms in total. The van der Waals surface area contributed by atoms with Crippen LogP contribution < -0.4 is 4.90 Å². The first-order valence-electron chi connectivity index (χ1n) is 11.1. The molecule has 0 aliphatic carbocycles. The Labute approximate surface area is 187 Å². The predicted octanol–water partition coefficient (Wildman–Crippen LogP) is 2.60. The van der Waals surface area contributed by atoms with E-state index in [9.17, 15) is 14.7 Å². The van der Waals surface area contributed by atoms with Crippen molar-refractivity contribution in [1.29, 1.82) is 0 Å². The summed E-state index contributed by atoms with van der Waals surface area (Å²) in [6, 6.07) is 14.4. The summed E-state index contributed by atoms with van der Waals surface area (Å²) in [6.07, 6.45) is 1.20. The smallest absolute Gasteiger partial charge is 0.265 e. The largest absolute Gasteiger partial charge is 0.375 e. The van der Waals surface area contributed by atoms with Crippen LogP contribution in [0.15, 0.2) is 48.5 Å². The fraction of sp³-hybridized carbons (Fsp3) is 0.440. The van der Waals surface area contributed by atoms with Crippen LogP contribution in [-0.4, -0.2) is 60.5 Å². The third-order valence-corrected chi connectivity index (χ3v) is 6.80. The number of hydrogen-bond donors (Lipinski definition) is 1. The van der Waals surface area contributed by atoms with Crippen LogP contribution in [-0.2, 0) is 19.9 Å². The number of nitrogens with zero attached hydrogens (tertiary/aromatic N) is 2. The van der Waals surface area contributed by atoms with Gasteiger partial charge in [-0.15, -0.1) is 0 Å². The highest BCUT2D eigenvalue weighted by Gasteiger charge is 2.51. The maximum absolute atomic E-state index is 13.5. The number of ether oxygens (including phenoxy) is 2. The van der Waals surface area contributed by atoms with Crippen molar-refractivity contribution < 1.29 is 24.2 Å². The van der Waals surface area contributed by atoms with Crippen molar-refractivity contribution in [3.63, 3.8) is 0 Å². The summed E-state index contributed by atoms with van der Waals surface area (Å²) >= 11 is 0. The first-order chi connectivity index (χ1) is 15.4. The molecule has 5 rings (SSSR count). The fourth-order valence-corrected chi connectivity index (χ4v) is 4.91. The van der Waals surface area contributed by atoms with Crippen LogP contribution in [0, 0.1) is 6.92 Å². The average molecular weight is 437 g/mol. The number of rotatable bonds is 5. The van der Waals surface area contributed by atoms with Crippen LogP contribution in [0.1, 0.15) is 40.7 Å². The van der Waals surface area contributed by atoms with Gasteiger partial charge in [-0.2, -0.15) is 0 Å². The van der Waals surface area contributed by atoms with E-state index in [1.54, 1.807) is 29.2 Å². The van der Waals surface area contributed by atoms with E-state index in [2.05, 4.69) is 4.90 Å². The Morgan fingerprint density at radius 2 is 1.69 bits per heavy atom. The van der Waals surface area contributed by atoms with Gasteiger partial charge in [0.1, 0.15) is 0 Å².